The van der Waals surface area contributed by atoms with E-state index in [1.165, 1.54) is 0 Å². The Labute approximate surface area is 118 Å². The third-order valence-electron chi connectivity index (χ3n) is 3.50. The Morgan fingerprint density at radius 3 is 2.95 bits per heavy atom. The molecule has 5 heteroatoms. The fourth-order valence-corrected chi connectivity index (χ4v) is 2.53. The predicted molar refractivity (Wildman–Crippen MR) is 75.0 cm³/mol. The molecule has 0 unspecified atom stereocenters. The molecular formula is C14H17ClN2O2. The van der Waals surface area contributed by atoms with Crippen molar-refractivity contribution in [3.8, 4) is 0 Å². The second-order valence-electron chi connectivity index (χ2n) is 4.65. The Bertz CT molecular complexity index is 464. The number of ether oxygens (including phenoxy) is 1. The highest BCUT2D eigenvalue weighted by atomic mass is 35.5. The summed E-state index contributed by atoms with van der Waals surface area (Å²) in [7, 11) is 0. The number of hydrogen-bond acceptors (Lipinski definition) is 3. The molecule has 102 valence electrons. The Kier molecular flexibility index (Phi) is 4.32. The van der Waals surface area contributed by atoms with Gasteiger partial charge in [-0.05, 0) is 24.3 Å². The molecular weight excluding hydrogens is 264 g/mol. The van der Waals surface area contributed by atoms with Crippen LogP contribution < -0.4 is 5.32 Å². The average Bonchev–Trinajstić information content (AvgIpc) is 2.99. The van der Waals surface area contributed by atoms with Crippen LogP contribution in [0.15, 0.2) is 42.6 Å². The van der Waals surface area contributed by atoms with Crippen LogP contribution in [-0.2, 0) is 11.3 Å². The first-order valence-corrected chi connectivity index (χ1v) is 6.24. The number of carbonyl (C=O) groups is 1. The second kappa shape index (κ2) is 5.97. The van der Waals surface area contributed by atoms with E-state index in [0.29, 0.717) is 12.6 Å². The largest absolute Gasteiger partial charge is 0.445 e. The van der Waals surface area contributed by atoms with Crippen LogP contribution in [0.5, 0.6) is 0 Å². The third-order valence-corrected chi connectivity index (χ3v) is 3.50. The van der Waals surface area contributed by atoms with Gasteiger partial charge in [0, 0.05) is 6.54 Å². The predicted octanol–water partition coefficient (Wildman–Crippen LogP) is 2.30. The molecule has 2 aliphatic heterocycles. The third kappa shape index (κ3) is 2.84. The second-order valence-corrected chi connectivity index (χ2v) is 4.65. The van der Waals surface area contributed by atoms with Crippen LogP contribution >= 0.6 is 12.4 Å². The van der Waals surface area contributed by atoms with Crippen molar-refractivity contribution in [2.24, 2.45) is 0 Å². The fourth-order valence-electron chi connectivity index (χ4n) is 2.53. The summed E-state index contributed by atoms with van der Waals surface area (Å²) in [5.74, 6) is 0. The van der Waals surface area contributed by atoms with Crippen LogP contribution in [0.1, 0.15) is 12.0 Å². The molecule has 2 atom stereocenters. The van der Waals surface area contributed by atoms with E-state index in [1.807, 2.05) is 42.6 Å². The van der Waals surface area contributed by atoms with E-state index in [-0.39, 0.29) is 24.5 Å². The van der Waals surface area contributed by atoms with E-state index in [0.717, 1.165) is 18.5 Å². The Morgan fingerprint density at radius 1 is 1.37 bits per heavy atom. The van der Waals surface area contributed by atoms with Crippen molar-refractivity contribution in [3.63, 3.8) is 0 Å². The van der Waals surface area contributed by atoms with E-state index in [9.17, 15) is 4.79 Å². The molecule has 19 heavy (non-hydrogen) atoms. The lowest BCUT2D eigenvalue weighted by atomic mass is 10.2. The summed E-state index contributed by atoms with van der Waals surface area (Å²) in [5.41, 5.74) is 1.02. The first-order valence-electron chi connectivity index (χ1n) is 6.24. The summed E-state index contributed by atoms with van der Waals surface area (Å²) in [6, 6.07) is 10.3. The van der Waals surface area contributed by atoms with Crippen molar-refractivity contribution < 1.29 is 9.53 Å². The van der Waals surface area contributed by atoms with Crippen LogP contribution in [0.3, 0.4) is 0 Å². The molecule has 1 N–H and O–H groups in total. The highest BCUT2D eigenvalue weighted by Gasteiger charge is 2.38. The molecule has 0 saturated carbocycles. The van der Waals surface area contributed by atoms with Gasteiger partial charge in [0.1, 0.15) is 6.61 Å². The van der Waals surface area contributed by atoms with Crippen molar-refractivity contribution in [1.82, 2.24) is 10.2 Å². The highest BCUT2D eigenvalue weighted by molar-refractivity contribution is 5.85. The minimum atomic E-state index is -0.222. The molecule has 1 aromatic carbocycles. The van der Waals surface area contributed by atoms with Crippen LogP contribution in [-0.4, -0.2) is 29.6 Å². The summed E-state index contributed by atoms with van der Waals surface area (Å²) < 4.78 is 5.35. The monoisotopic (exact) mass is 280 g/mol. The maximum absolute atomic E-state index is 12.0. The summed E-state index contributed by atoms with van der Waals surface area (Å²) in [4.78, 5) is 13.8. The van der Waals surface area contributed by atoms with Crippen LogP contribution in [0.4, 0.5) is 4.79 Å². The number of amides is 1. The smallest absolute Gasteiger partial charge is 0.410 e. The number of nitrogens with one attached hydrogen (secondary N) is 1. The maximum atomic E-state index is 12.0. The number of halogens is 1. The van der Waals surface area contributed by atoms with Crippen molar-refractivity contribution in [2.45, 2.75) is 25.1 Å². The highest BCUT2D eigenvalue weighted by Crippen LogP contribution is 2.23. The molecule has 0 radical (unpaired) electrons. The Morgan fingerprint density at radius 2 is 2.16 bits per heavy atom. The molecule has 1 amide bonds. The van der Waals surface area contributed by atoms with E-state index >= 15 is 0 Å². The lowest BCUT2D eigenvalue weighted by molar-refractivity contribution is 0.0970. The van der Waals surface area contributed by atoms with Crippen molar-refractivity contribution >= 4 is 18.5 Å². The summed E-state index contributed by atoms with van der Waals surface area (Å²) in [5, 5.41) is 3.25. The van der Waals surface area contributed by atoms with Crippen molar-refractivity contribution in [2.75, 3.05) is 6.54 Å². The van der Waals surface area contributed by atoms with Gasteiger partial charge >= 0.3 is 6.09 Å². The van der Waals surface area contributed by atoms with Gasteiger partial charge in [0.25, 0.3) is 0 Å². The molecule has 1 saturated heterocycles. The molecule has 0 aliphatic carbocycles. The van der Waals surface area contributed by atoms with E-state index in [2.05, 4.69) is 5.32 Å². The number of likely N-dealkylation sites (tertiary alicyclic amines) is 1. The topological polar surface area (TPSA) is 41.6 Å². The number of fused-ring (bicyclic) bond motifs is 1. The van der Waals surface area contributed by atoms with Gasteiger partial charge in [-0.2, -0.15) is 0 Å². The molecule has 0 aromatic heterocycles. The summed E-state index contributed by atoms with van der Waals surface area (Å²) in [6.07, 6.45) is 4.71. The molecule has 0 spiro atoms. The zero-order chi connectivity index (χ0) is 12.4. The summed E-state index contributed by atoms with van der Waals surface area (Å²) >= 11 is 0. The average molecular weight is 281 g/mol. The van der Waals surface area contributed by atoms with Crippen LogP contribution in [0.2, 0.25) is 0 Å². The molecule has 3 rings (SSSR count). The minimum Gasteiger partial charge on any atom is -0.445 e. The van der Waals surface area contributed by atoms with Gasteiger partial charge in [0.05, 0.1) is 12.1 Å². The number of carbonyl (C=O) groups excluding carboxylic acids is 1. The Hall–Kier alpha value is -1.68. The zero-order valence-electron chi connectivity index (χ0n) is 10.5. The molecule has 0 bridgehead atoms. The van der Waals surface area contributed by atoms with Gasteiger partial charge in [0.2, 0.25) is 0 Å². The van der Waals surface area contributed by atoms with Gasteiger partial charge in [0.15, 0.2) is 0 Å². The van der Waals surface area contributed by atoms with Gasteiger partial charge in [-0.3, -0.25) is 4.90 Å². The van der Waals surface area contributed by atoms with Crippen molar-refractivity contribution in [3.05, 3.63) is 48.2 Å². The van der Waals surface area contributed by atoms with E-state index < -0.39 is 0 Å². The fraction of sp³-hybridized carbons (Fsp3) is 0.357. The zero-order valence-corrected chi connectivity index (χ0v) is 11.3. The first-order chi connectivity index (χ1) is 8.84. The lowest BCUT2D eigenvalue weighted by Gasteiger charge is -2.21. The van der Waals surface area contributed by atoms with E-state index in [1.54, 1.807) is 4.90 Å². The number of nitrogens with zero attached hydrogens (tertiary/aromatic N) is 1. The van der Waals surface area contributed by atoms with Gasteiger partial charge < -0.3 is 10.1 Å². The SMILES string of the molecule is Cl.O=C(OCc1ccccc1)N1CC[C@@H]2NC=C[C@@H]21. The number of hydrogen-bond donors (Lipinski definition) is 1. The Balaban J connectivity index is 0.00000133. The van der Waals surface area contributed by atoms with Gasteiger partial charge in [-0.1, -0.05) is 30.3 Å². The molecule has 2 aliphatic rings. The van der Waals surface area contributed by atoms with Crippen molar-refractivity contribution in [1.29, 1.82) is 0 Å². The number of rotatable bonds is 2. The number of benzene rings is 1. The summed E-state index contributed by atoms with van der Waals surface area (Å²) in [6.45, 7) is 1.10. The normalized spacial score (nSPS) is 23.5. The standard InChI is InChI=1S/C14H16N2O2.ClH/c17-14(18-10-11-4-2-1-3-5-11)16-9-7-12-13(16)6-8-15-12;/h1-6,8,12-13,15H,7,9-10H2;1H/t12-,13-;/m0./s1. The first kappa shape index (κ1) is 13.7. The lowest BCUT2D eigenvalue weighted by Crippen LogP contribution is -2.39. The molecule has 1 aromatic rings. The van der Waals surface area contributed by atoms with Crippen LogP contribution in [0, 0.1) is 0 Å². The molecule has 4 nitrogen and oxygen atoms in total. The maximum Gasteiger partial charge on any atom is 0.410 e. The molecule has 1 fully saturated rings. The van der Waals surface area contributed by atoms with Crippen LogP contribution in [0.25, 0.3) is 0 Å². The minimum absolute atomic E-state index is 0. The quantitative estimate of drug-likeness (QED) is 0.904. The van der Waals surface area contributed by atoms with Gasteiger partial charge in [-0.25, -0.2) is 4.79 Å². The van der Waals surface area contributed by atoms with Gasteiger partial charge in [-0.15, -0.1) is 12.4 Å². The molecule has 2 heterocycles. The van der Waals surface area contributed by atoms with E-state index in [4.69, 9.17) is 4.74 Å².